The molecule has 458 valence electrons. The molecule has 0 saturated carbocycles. The molecule has 8 aromatic carbocycles. The molecule has 9 heterocycles. The molecule has 96 heavy (non-hydrogen) atoms. The van der Waals surface area contributed by atoms with Crippen molar-refractivity contribution in [3.8, 4) is 44.5 Å². The fourth-order valence-electron chi connectivity index (χ4n) is 14.2. The third-order valence-corrected chi connectivity index (χ3v) is 18.7. The summed E-state index contributed by atoms with van der Waals surface area (Å²) in [5.41, 5.74) is 14.5. The van der Waals surface area contributed by atoms with E-state index < -0.39 is 47.3 Å². The fourth-order valence-corrected chi connectivity index (χ4v) is 14.2. The van der Waals surface area contributed by atoms with Gasteiger partial charge in [0.25, 0.3) is 47.3 Å². The van der Waals surface area contributed by atoms with Gasteiger partial charge in [-0.15, -0.1) is 0 Å². The van der Waals surface area contributed by atoms with E-state index in [2.05, 4.69) is 9.97 Å². The second-order valence-corrected chi connectivity index (χ2v) is 24.1. The van der Waals surface area contributed by atoms with Crippen LogP contribution in [-0.2, 0) is 26.2 Å². The van der Waals surface area contributed by atoms with Crippen LogP contribution in [0.1, 0.15) is 128 Å². The van der Waals surface area contributed by atoms with E-state index in [1.54, 1.807) is 97.1 Å². The Morgan fingerprint density at radius 3 is 0.573 bits per heavy atom. The number of H-pyrrole nitrogens is 2. The van der Waals surface area contributed by atoms with E-state index in [-0.39, 0.29) is 26.2 Å². The number of fused-ring (bicyclic) bond motifs is 12. The number of nitrogens with zero attached hydrogens (tertiary/aromatic N) is 6. The van der Waals surface area contributed by atoms with Gasteiger partial charge in [0, 0.05) is 44.3 Å². The van der Waals surface area contributed by atoms with Crippen LogP contribution in [0.2, 0.25) is 0 Å². The van der Waals surface area contributed by atoms with E-state index >= 15 is 0 Å². The Labute approximate surface area is 547 Å². The van der Waals surface area contributed by atoms with E-state index in [0.717, 1.165) is 0 Å². The minimum absolute atomic E-state index is 0.0794. The summed E-state index contributed by atoms with van der Waals surface area (Å²) in [6, 6.07) is 65.2. The summed E-state index contributed by atoms with van der Waals surface area (Å²) in [6.45, 7) is -0.317. The lowest BCUT2D eigenvalue weighted by atomic mass is 9.97. The van der Waals surface area contributed by atoms with Crippen molar-refractivity contribution in [2.45, 2.75) is 26.2 Å². The summed E-state index contributed by atoms with van der Waals surface area (Å²) in [6.07, 6.45) is 7.66. The summed E-state index contributed by atoms with van der Waals surface area (Å²) in [4.78, 5) is 137. The minimum Gasteiger partial charge on any atom is -0.354 e. The van der Waals surface area contributed by atoms with Crippen LogP contribution in [0.5, 0.6) is 0 Å². The van der Waals surface area contributed by atoms with Gasteiger partial charge in [0.1, 0.15) is 0 Å². The SMILES string of the molecule is O=C1c2ccccc2C(=O)N1Cc1ccccc1-c1c2nc(c(-c3ccccc3CN3C(=O)c4ccccc4C3=O)c3ccc([nH]3)c(-c3ccccc3CN3C(=O)c4ccccc4C3=O)c3nc(c(-c4ccccc4CN4C(=O)c5ccccc5C4=O)c4ccc1[nH]4)C=C3)C=C2. The monoisotopic (exact) mass is 1250 g/mol. The summed E-state index contributed by atoms with van der Waals surface area (Å²) in [7, 11) is 0. The molecule has 0 aliphatic carbocycles. The molecule has 8 bridgehead atoms. The lowest BCUT2D eigenvalue weighted by Crippen LogP contribution is -2.29. The average Bonchev–Trinajstić information content (AvgIpc) is 1.65. The van der Waals surface area contributed by atoms with Crippen molar-refractivity contribution < 1.29 is 38.4 Å². The van der Waals surface area contributed by atoms with E-state index in [0.29, 0.717) is 156 Å². The van der Waals surface area contributed by atoms with Crippen LogP contribution in [0, 0.1) is 0 Å². The number of carbonyl (C=O) groups excluding carboxylic acids is 8. The maximum absolute atomic E-state index is 14.2. The van der Waals surface area contributed by atoms with Crippen molar-refractivity contribution in [1.29, 1.82) is 0 Å². The molecule has 3 aromatic heterocycles. The molecule has 0 radical (unpaired) electrons. The molecule has 0 saturated heterocycles. The Hall–Kier alpha value is -13.1. The Kier molecular flexibility index (Phi) is 13.2. The third kappa shape index (κ3) is 9.05. The first kappa shape index (κ1) is 56.9. The number of carbonyl (C=O) groups is 8. The first-order chi connectivity index (χ1) is 46.9. The van der Waals surface area contributed by atoms with Crippen molar-refractivity contribution in [2.75, 3.05) is 0 Å². The zero-order valence-corrected chi connectivity index (χ0v) is 50.9. The largest absolute Gasteiger partial charge is 0.354 e. The number of hydrogen-bond acceptors (Lipinski definition) is 10. The highest BCUT2D eigenvalue weighted by atomic mass is 16.2. The number of nitrogens with one attached hydrogen (secondary N) is 2. The van der Waals surface area contributed by atoms with Crippen LogP contribution in [-0.4, -0.2) is 86.8 Å². The van der Waals surface area contributed by atoms with E-state index in [4.69, 9.17) is 9.97 Å². The van der Waals surface area contributed by atoms with E-state index in [9.17, 15) is 38.4 Å². The summed E-state index contributed by atoms with van der Waals surface area (Å²) in [5, 5.41) is 0. The van der Waals surface area contributed by atoms with Crippen molar-refractivity contribution in [3.63, 3.8) is 0 Å². The van der Waals surface area contributed by atoms with Crippen LogP contribution in [0.15, 0.2) is 218 Å². The predicted octanol–water partition coefficient (Wildman–Crippen LogP) is 14.5. The minimum atomic E-state index is -0.416. The van der Waals surface area contributed by atoms with Crippen LogP contribution >= 0.6 is 0 Å². The molecule has 6 aliphatic heterocycles. The van der Waals surface area contributed by atoms with Crippen LogP contribution < -0.4 is 0 Å². The van der Waals surface area contributed by atoms with Crippen LogP contribution in [0.3, 0.4) is 0 Å². The molecule has 0 fully saturated rings. The Balaban J connectivity index is 0.935. The molecule has 6 aliphatic rings. The number of rotatable bonds is 12. The molecular formula is C80H50N8O8. The third-order valence-electron chi connectivity index (χ3n) is 18.7. The number of aromatic nitrogens is 4. The maximum Gasteiger partial charge on any atom is 0.261 e. The van der Waals surface area contributed by atoms with Crippen molar-refractivity contribution in [2.24, 2.45) is 0 Å². The quantitative estimate of drug-likeness (QED) is 0.111. The maximum atomic E-state index is 14.2. The normalized spacial score (nSPS) is 14.4. The molecule has 0 unspecified atom stereocenters. The van der Waals surface area contributed by atoms with Gasteiger partial charge in [-0.3, -0.25) is 58.0 Å². The lowest BCUT2D eigenvalue weighted by molar-refractivity contribution is 0.0627. The molecule has 0 spiro atoms. The van der Waals surface area contributed by atoms with Crippen molar-refractivity contribution in [3.05, 3.63) is 308 Å². The van der Waals surface area contributed by atoms with Gasteiger partial charge in [0.05, 0.1) is 93.5 Å². The molecule has 8 amide bonds. The highest BCUT2D eigenvalue weighted by Gasteiger charge is 2.40. The molecular weight excluding hydrogens is 1200 g/mol. The van der Waals surface area contributed by atoms with Gasteiger partial charge in [-0.05, 0) is 142 Å². The Morgan fingerprint density at radius 2 is 0.385 bits per heavy atom. The zero-order valence-electron chi connectivity index (χ0n) is 50.9. The number of benzene rings is 8. The lowest BCUT2D eigenvalue weighted by Gasteiger charge is -2.18. The number of amides is 8. The van der Waals surface area contributed by atoms with Crippen LogP contribution in [0.25, 0.3) is 90.9 Å². The molecule has 16 heteroatoms. The zero-order chi connectivity index (χ0) is 65.0. The van der Waals surface area contributed by atoms with Gasteiger partial charge in [-0.2, -0.15) is 0 Å². The van der Waals surface area contributed by atoms with E-state index in [1.807, 2.05) is 146 Å². The molecule has 17 rings (SSSR count). The smallest absolute Gasteiger partial charge is 0.261 e. The van der Waals surface area contributed by atoms with E-state index in [1.165, 1.54) is 19.6 Å². The second-order valence-electron chi connectivity index (χ2n) is 24.1. The second kappa shape index (κ2) is 22.4. The van der Waals surface area contributed by atoms with Crippen molar-refractivity contribution in [1.82, 2.24) is 39.5 Å². The summed E-state index contributed by atoms with van der Waals surface area (Å²) in [5.74, 6) is -3.33. The highest BCUT2D eigenvalue weighted by Crippen LogP contribution is 2.43. The number of aromatic amines is 2. The van der Waals surface area contributed by atoms with Crippen molar-refractivity contribution >= 4 is 93.6 Å². The first-order valence-electron chi connectivity index (χ1n) is 31.3. The molecule has 0 atom stereocenters. The molecule has 11 aromatic rings. The topological polar surface area (TPSA) is 207 Å². The van der Waals surface area contributed by atoms with Gasteiger partial charge in [-0.1, -0.05) is 146 Å². The van der Waals surface area contributed by atoms with Gasteiger partial charge in [0.2, 0.25) is 0 Å². The fraction of sp³-hybridized carbons (Fsp3) is 0.0500. The standard InChI is InChI=1S/C80H50N8O8/c89-73-53-25-9-10-26-54(53)74(90)85(73)41-45-17-1-5-21-49(45)69-61-33-35-63(81-61)70(50-22-6-2-18-46(50)42-86-75(91)55-27-11-12-28-56(55)76(86)92)65-37-39-67(83-65)72(52-24-8-4-20-48(52)44-88-79(95)59-31-15-16-32-60(59)80(88)96)68-40-38-66(84-68)71(64-36-34-62(69)82-64)51-23-7-3-19-47(51)43-87-77(93)57-29-13-14-30-58(57)78(87)94/h1-40,81,84H,41-44H2. The summed E-state index contributed by atoms with van der Waals surface area (Å²) >= 11 is 0. The van der Waals surface area contributed by atoms with Gasteiger partial charge < -0.3 is 9.97 Å². The Bertz CT molecular complexity index is 4800. The number of imide groups is 4. The number of hydrogen-bond donors (Lipinski definition) is 2. The summed E-state index contributed by atoms with van der Waals surface area (Å²) < 4.78 is 0. The van der Waals surface area contributed by atoms with Gasteiger partial charge in [-0.25, -0.2) is 9.97 Å². The first-order valence-corrected chi connectivity index (χ1v) is 31.3. The molecule has 2 N–H and O–H groups in total. The highest BCUT2D eigenvalue weighted by molar-refractivity contribution is 6.24. The van der Waals surface area contributed by atoms with Gasteiger partial charge >= 0.3 is 0 Å². The average molecular weight is 1250 g/mol. The Morgan fingerprint density at radius 1 is 0.219 bits per heavy atom. The predicted molar refractivity (Wildman–Crippen MR) is 363 cm³/mol. The van der Waals surface area contributed by atoms with Gasteiger partial charge in [0.15, 0.2) is 0 Å². The molecule has 16 nitrogen and oxygen atoms in total. The van der Waals surface area contributed by atoms with Crippen LogP contribution in [0.4, 0.5) is 0 Å².